The topological polar surface area (TPSA) is 24.4 Å². The van der Waals surface area contributed by atoms with Crippen molar-refractivity contribution in [3.05, 3.63) is 12.3 Å². The van der Waals surface area contributed by atoms with Gasteiger partial charge in [-0.1, -0.05) is 6.58 Å². The zero-order valence-corrected chi connectivity index (χ0v) is 5.72. The van der Waals surface area contributed by atoms with Gasteiger partial charge in [0.15, 0.2) is 0 Å². The minimum Gasteiger partial charge on any atom is -0.351 e. The van der Waals surface area contributed by atoms with Gasteiger partial charge in [0.05, 0.1) is 6.34 Å². The van der Waals surface area contributed by atoms with Crippen molar-refractivity contribution in [2.24, 2.45) is 4.99 Å². The van der Waals surface area contributed by atoms with E-state index in [0.29, 0.717) is 6.04 Å². The van der Waals surface area contributed by atoms with Gasteiger partial charge in [0, 0.05) is 11.7 Å². The Morgan fingerprint density at radius 3 is 3.44 bits per heavy atom. The Labute approximate surface area is 55.7 Å². The maximum absolute atomic E-state index is 4.18. The summed E-state index contributed by atoms with van der Waals surface area (Å²) in [6.07, 6.45) is 3.89. The van der Waals surface area contributed by atoms with Gasteiger partial charge >= 0.3 is 0 Å². The molecule has 0 radical (unpaired) electrons. The van der Waals surface area contributed by atoms with Gasteiger partial charge in [-0.25, -0.2) is 0 Å². The van der Waals surface area contributed by atoms with E-state index in [9.17, 15) is 0 Å². The number of hydrogen-bond acceptors (Lipinski definition) is 2. The SMILES string of the molecule is C=C1CCC(C)N=CN1. The van der Waals surface area contributed by atoms with Gasteiger partial charge < -0.3 is 5.32 Å². The number of nitrogens with one attached hydrogen (secondary N) is 1. The van der Waals surface area contributed by atoms with Crippen LogP contribution in [0.1, 0.15) is 19.8 Å². The molecule has 0 saturated carbocycles. The molecule has 50 valence electrons. The molecule has 0 aromatic carbocycles. The molecule has 0 spiro atoms. The average Bonchev–Trinajstić information content (AvgIpc) is 1.97. The summed E-state index contributed by atoms with van der Waals surface area (Å²) in [4.78, 5) is 4.18. The standard InChI is InChI=1S/C7H12N2/c1-6-3-4-7(2)9-5-8-6/h5,7H,1,3-4H2,2H3,(H,8,9). The third-order valence-corrected chi connectivity index (χ3v) is 1.46. The Kier molecular flexibility index (Phi) is 1.88. The molecular formula is C7H12N2. The van der Waals surface area contributed by atoms with Crippen LogP contribution < -0.4 is 5.32 Å². The molecule has 1 aliphatic heterocycles. The van der Waals surface area contributed by atoms with E-state index in [1.165, 1.54) is 0 Å². The van der Waals surface area contributed by atoms with Crippen molar-refractivity contribution >= 4 is 6.34 Å². The van der Waals surface area contributed by atoms with Crippen molar-refractivity contribution in [2.75, 3.05) is 0 Å². The Hall–Kier alpha value is -0.790. The van der Waals surface area contributed by atoms with Gasteiger partial charge in [0.25, 0.3) is 0 Å². The summed E-state index contributed by atoms with van der Waals surface area (Å²) in [5.41, 5.74) is 1.07. The lowest BCUT2D eigenvalue weighted by molar-refractivity contribution is 0.675. The Morgan fingerprint density at radius 2 is 2.67 bits per heavy atom. The average molecular weight is 124 g/mol. The van der Waals surface area contributed by atoms with Gasteiger partial charge in [-0.3, -0.25) is 4.99 Å². The van der Waals surface area contributed by atoms with E-state index in [4.69, 9.17) is 0 Å². The third kappa shape index (κ3) is 1.88. The normalized spacial score (nSPS) is 27.2. The molecule has 0 bridgehead atoms. The lowest BCUT2D eigenvalue weighted by Gasteiger charge is -1.99. The number of nitrogens with zero attached hydrogens (tertiary/aromatic N) is 1. The molecule has 2 nitrogen and oxygen atoms in total. The molecule has 0 aromatic rings. The molecule has 0 amide bonds. The lowest BCUT2D eigenvalue weighted by Crippen LogP contribution is -2.06. The van der Waals surface area contributed by atoms with Crippen LogP contribution in [-0.2, 0) is 0 Å². The molecule has 0 saturated heterocycles. The van der Waals surface area contributed by atoms with Crippen molar-refractivity contribution < 1.29 is 0 Å². The molecule has 0 aliphatic carbocycles. The fourth-order valence-corrected chi connectivity index (χ4v) is 0.786. The molecule has 2 heteroatoms. The van der Waals surface area contributed by atoms with Crippen LogP contribution in [0.4, 0.5) is 0 Å². The largest absolute Gasteiger partial charge is 0.351 e. The van der Waals surface area contributed by atoms with E-state index in [1.54, 1.807) is 6.34 Å². The van der Waals surface area contributed by atoms with Crippen LogP contribution in [0, 0.1) is 0 Å². The molecule has 9 heavy (non-hydrogen) atoms. The number of allylic oxidation sites excluding steroid dienone is 1. The summed E-state index contributed by atoms with van der Waals surface area (Å²) >= 11 is 0. The predicted molar refractivity (Wildman–Crippen MR) is 39.5 cm³/mol. The summed E-state index contributed by atoms with van der Waals surface area (Å²) in [6.45, 7) is 5.91. The van der Waals surface area contributed by atoms with Crippen molar-refractivity contribution in [2.45, 2.75) is 25.8 Å². The summed E-state index contributed by atoms with van der Waals surface area (Å²) in [7, 11) is 0. The first-order valence-corrected chi connectivity index (χ1v) is 3.25. The van der Waals surface area contributed by atoms with Crippen LogP contribution >= 0.6 is 0 Å². The van der Waals surface area contributed by atoms with E-state index in [2.05, 4.69) is 23.8 Å². The zero-order valence-electron chi connectivity index (χ0n) is 5.72. The third-order valence-electron chi connectivity index (χ3n) is 1.46. The highest BCUT2D eigenvalue weighted by atomic mass is 15.0. The molecule has 1 N–H and O–H groups in total. The molecule has 1 atom stereocenters. The second-order valence-electron chi connectivity index (χ2n) is 2.41. The van der Waals surface area contributed by atoms with Crippen LogP contribution in [0.15, 0.2) is 17.3 Å². The fraction of sp³-hybridized carbons (Fsp3) is 0.571. The second-order valence-corrected chi connectivity index (χ2v) is 2.41. The number of aliphatic imine (C=N–C) groups is 1. The highest BCUT2D eigenvalue weighted by Crippen LogP contribution is 2.07. The minimum absolute atomic E-state index is 0.455. The Bertz CT molecular complexity index is 138. The maximum Gasteiger partial charge on any atom is 0.0868 e. The molecule has 1 aliphatic rings. The summed E-state index contributed by atoms with van der Waals surface area (Å²) < 4.78 is 0. The van der Waals surface area contributed by atoms with Crippen LogP contribution in [0.2, 0.25) is 0 Å². The van der Waals surface area contributed by atoms with Gasteiger partial charge in [0.2, 0.25) is 0 Å². The Morgan fingerprint density at radius 1 is 1.89 bits per heavy atom. The van der Waals surface area contributed by atoms with Crippen LogP contribution in [0.5, 0.6) is 0 Å². The number of hydrogen-bond donors (Lipinski definition) is 1. The first-order chi connectivity index (χ1) is 4.29. The molecule has 0 fully saturated rings. The zero-order chi connectivity index (χ0) is 6.69. The minimum atomic E-state index is 0.455. The van der Waals surface area contributed by atoms with Crippen LogP contribution in [0.25, 0.3) is 0 Å². The first-order valence-electron chi connectivity index (χ1n) is 3.25. The van der Waals surface area contributed by atoms with E-state index in [0.717, 1.165) is 18.5 Å². The second kappa shape index (κ2) is 2.67. The van der Waals surface area contributed by atoms with E-state index >= 15 is 0 Å². The van der Waals surface area contributed by atoms with Crippen molar-refractivity contribution in [1.82, 2.24) is 5.32 Å². The van der Waals surface area contributed by atoms with E-state index in [1.807, 2.05) is 0 Å². The van der Waals surface area contributed by atoms with Crippen LogP contribution in [0.3, 0.4) is 0 Å². The van der Waals surface area contributed by atoms with Gasteiger partial charge in [-0.15, -0.1) is 0 Å². The molecule has 1 unspecified atom stereocenters. The molecule has 1 rings (SSSR count). The van der Waals surface area contributed by atoms with Crippen molar-refractivity contribution in [3.63, 3.8) is 0 Å². The summed E-state index contributed by atoms with van der Waals surface area (Å²) in [6, 6.07) is 0.455. The Balaban J connectivity index is 2.48. The molecule has 1 heterocycles. The highest BCUT2D eigenvalue weighted by Gasteiger charge is 2.02. The quantitative estimate of drug-likeness (QED) is 0.517. The van der Waals surface area contributed by atoms with E-state index < -0.39 is 0 Å². The lowest BCUT2D eigenvalue weighted by atomic mass is 10.2. The summed E-state index contributed by atoms with van der Waals surface area (Å²) in [5.74, 6) is 0. The fourth-order valence-electron chi connectivity index (χ4n) is 0.786. The molecular weight excluding hydrogens is 112 g/mol. The molecule has 0 aromatic heterocycles. The van der Waals surface area contributed by atoms with Gasteiger partial charge in [-0.2, -0.15) is 0 Å². The highest BCUT2D eigenvalue weighted by molar-refractivity contribution is 5.57. The van der Waals surface area contributed by atoms with Crippen LogP contribution in [-0.4, -0.2) is 12.4 Å². The van der Waals surface area contributed by atoms with Crippen molar-refractivity contribution in [3.8, 4) is 0 Å². The first kappa shape index (κ1) is 6.33. The number of rotatable bonds is 0. The van der Waals surface area contributed by atoms with Gasteiger partial charge in [0.1, 0.15) is 0 Å². The maximum atomic E-state index is 4.18. The summed E-state index contributed by atoms with van der Waals surface area (Å²) in [5, 5.41) is 2.99. The van der Waals surface area contributed by atoms with Crippen molar-refractivity contribution in [1.29, 1.82) is 0 Å². The van der Waals surface area contributed by atoms with E-state index in [-0.39, 0.29) is 0 Å². The monoisotopic (exact) mass is 124 g/mol. The predicted octanol–water partition coefficient (Wildman–Crippen LogP) is 1.30. The van der Waals surface area contributed by atoms with Gasteiger partial charge in [-0.05, 0) is 19.8 Å². The smallest absolute Gasteiger partial charge is 0.0868 e.